The number of benzene rings is 1. The molecule has 1 aliphatic heterocycles. The Bertz CT molecular complexity index is 339. The molecule has 13 heavy (non-hydrogen) atoms. The van der Waals surface area contributed by atoms with Gasteiger partial charge in [-0.25, -0.2) is 0 Å². The summed E-state index contributed by atoms with van der Waals surface area (Å²) in [5, 5.41) is 8.62. The largest absolute Gasteiger partial charge is 0.491 e. The Hall–Kier alpha value is -1.53. The molecule has 3 nitrogen and oxygen atoms in total. The molecule has 1 aromatic carbocycles. The van der Waals surface area contributed by atoms with E-state index >= 15 is 0 Å². The third-order valence-electron chi connectivity index (χ3n) is 1.80. The van der Waals surface area contributed by atoms with Crippen LogP contribution in [0.2, 0.25) is 0 Å². The first-order valence-electron chi connectivity index (χ1n) is 4.13. The van der Waals surface area contributed by atoms with Crippen molar-refractivity contribution in [2.45, 2.75) is 6.10 Å². The zero-order valence-electron chi connectivity index (χ0n) is 7.06. The average Bonchev–Trinajstić information content (AvgIpc) is 2.99. The lowest BCUT2D eigenvalue weighted by atomic mass is 10.2. The molecular formula is C10H9NO2. The summed E-state index contributed by atoms with van der Waals surface area (Å²) in [4.78, 5) is 0. The molecule has 1 fully saturated rings. The minimum atomic E-state index is 0.255. The van der Waals surface area contributed by atoms with Crippen molar-refractivity contribution in [1.29, 1.82) is 5.26 Å². The normalized spacial score (nSPS) is 19.2. The molecule has 1 heterocycles. The highest BCUT2D eigenvalue weighted by Crippen LogP contribution is 2.15. The van der Waals surface area contributed by atoms with Gasteiger partial charge in [0.2, 0.25) is 0 Å². The van der Waals surface area contributed by atoms with Crippen LogP contribution in [0.3, 0.4) is 0 Å². The van der Waals surface area contributed by atoms with Gasteiger partial charge in [-0.15, -0.1) is 0 Å². The van der Waals surface area contributed by atoms with Crippen LogP contribution in [0.1, 0.15) is 5.56 Å². The van der Waals surface area contributed by atoms with Crippen LogP contribution in [0, 0.1) is 11.3 Å². The first-order valence-corrected chi connectivity index (χ1v) is 4.13. The van der Waals surface area contributed by atoms with Crippen LogP contribution < -0.4 is 4.74 Å². The molecule has 0 spiro atoms. The van der Waals surface area contributed by atoms with Crippen molar-refractivity contribution in [2.24, 2.45) is 0 Å². The summed E-state index contributed by atoms with van der Waals surface area (Å²) < 4.78 is 10.4. The third kappa shape index (κ3) is 2.20. The van der Waals surface area contributed by atoms with Gasteiger partial charge in [0.15, 0.2) is 0 Å². The summed E-state index contributed by atoms with van der Waals surface area (Å²) in [6.07, 6.45) is 0.255. The molecule has 2 rings (SSSR count). The van der Waals surface area contributed by atoms with E-state index in [9.17, 15) is 0 Å². The van der Waals surface area contributed by atoms with Crippen molar-refractivity contribution >= 4 is 0 Å². The van der Waals surface area contributed by atoms with Crippen LogP contribution in [0.15, 0.2) is 24.3 Å². The smallest absolute Gasteiger partial charge is 0.120 e. The van der Waals surface area contributed by atoms with Gasteiger partial charge < -0.3 is 9.47 Å². The van der Waals surface area contributed by atoms with E-state index in [2.05, 4.69) is 6.07 Å². The molecular weight excluding hydrogens is 166 g/mol. The summed E-state index contributed by atoms with van der Waals surface area (Å²) >= 11 is 0. The van der Waals surface area contributed by atoms with E-state index in [1.54, 1.807) is 12.1 Å². The monoisotopic (exact) mass is 175 g/mol. The van der Waals surface area contributed by atoms with Gasteiger partial charge in [-0.3, -0.25) is 0 Å². The van der Waals surface area contributed by atoms with Crippen molar-refractivity contribution in [3.05, 3.63) is 29.8 Å². The van der Waals surface area contributed by atoms with Gasteiger partial charge in [-0.2, -0.15) is 5.26 Å². The number of epoxide rings is 1. The van der Waals surface area contributed by atoms with Gasteiger partial charge in [0, 0.05) is 0 Å². The highest BCUT2D eigenvalue weighted by Gasteiger charge is 2.22. The highest BCUT2D eigenvalue weighted by molar-refractivity contribution is 5.36. The molecule has 0 bridgehead atoms. The second-order valence-electron chi connectivity index (χ2n) is 2.91. The van der Waals surface area contributed by atoms with Gasteiger partial charge in [0.05, 0.1) is 18.2 Å². The van der Waals surface area contributed by atoms with E-state index in [4.69, 9.17) is 14.7 Å². The quantitative estimate of drug-likeness (QED) is 0.651. The maximum atomic E-state index is 8.62. The lowest BCUT2D eigenvalue weighted by molar-refractivity contribution is 0.263. The molecule has 1 aliphatic rings. The Labute approximate surface area is 76.5 Å². The fourth-order valence-electron chi connectivity index (χ4n) is 1.01. The fraction of sp³-hybridized carbons (Fsp3) is 0.300. The molecule has 1 atom stereocenters. The zero-order chi connectivity index (χ0) is 9.10. The second-order valence-corrected chi connectivity index (χ2v) is 2.91. The highest BCUT2D eigenvalue weighted by atomic mass is 16.6. The van der Waals surface area contributed by atoms with Gasteiger partial charge >= 0.3 is 0 Å². The number of rotatable bonds is 3. The van der Waals surface area contributed by atoms with Crippen molar-refractivity contribution in [3.8, 4) is 11.8 Å². The van der Waals surface area contributed by atoms with Crippen LogP contribution >= 0.6 is 0 Å². The van der Waals surface area contributed by atoms with E-state index < -0.39 is 0 Å². The standard InChI is InChI=1S/C10H9NO2/c11-5-8-2-1-3-9(4-8)12-6-10-7-13-10/h1-4,10H,6-7H2. The molecule has 1 saturated heterocycles. The van der Waals surface area contributed by atoms with Gasteiger partial charge in [-0.05, 0) is 18.2 Å². The minimum Gasteiger partial charge on any atom is -0.491 e. The van der Waals surface area contributed by atoms with Crippen LogP contribution in [0.25, 0.3) is 0 Å². The third-order valence-corrected chi connectivity index (χ3v) is 1.80. The first kappa shape index (κ1) is 8.09. The topological polar surface area (TPSA) is 45.5 Å². The van der Waals surface area contributed by atoms with Crippen molar-refractivity contribution in [1.82, 2.24) is 0 Å². The number of nitriles is 1. The molecule has 1 unspecified atom stereocenters. The number of hydrogen-bond acceptors (Lipinski definition) is 3. The zero-order valence-corrected chi connectivity index (χ0v) is 7.06. The average molecular weight is 175 g/mol. The Morgan fingerprint density at radius 3 is 3.15 bits per heavy atom. The van der Waals surface area contributed by atoms with E-state index in [1.165, 1.54) is 0 Å². The SMILES string of the molecule is N#Cc1cccc(OCC2CO2)c1. The number of hydrogen-bond donors (Lipinski definition) is 0. The predicted molar refractivity (Wildman–Crippen MR) is 46.4 cm³/mol. The molecule has 3 heteroatoms. The van der Waals surface area contributed by atoms with Crippen LogP contribution in [-0.2, 0) is 4.74 Å². The Kier molecular flexibility index (Phi) is 2.15. The van der Waals surface area contributed by atoms with Crippen LogP contribution in [0.4, 0.5) is 0 Å². The molecule has 0 amide bonds. The lowest BCUT2D eigenvalue weighted by Crippen LogP contribution is -2.03. The van der Waals surface area contributed by atoms with Crippen LogP contribution in [-0.4, -0.2) is 19.3 Å². The van der Waals surface area contributed by atoms with Crippen LogP contribution in [0.5, 0.6) is 5.75 Å². The first-order chi connectivity index (χ1) is 6.38. The molecule has 1 aromatic rings. The van der Waals surface area contributed by atoms with E-state index in [0.29, 0.717) is 12.2 Å². The van der Waals surface area contributed by atoms with Crippen molar-refractivity contribution in [3.63, 3.8) is 0 Å². The maximum Gasteiger partial charge on any atom is 0.120 e. The molecule has 0 N–H and O–H groups in total. The summed E-state index contributed by atoms with van der Waals surface area (Å²) in [5.41, 5.74) is 0.620. The minimum absolute atomic E-state index is 0.255. The summed E-state index contributed by atoms with van der Waals surface area (Å²) in [5.74, 6) is 0.731. The molecule has 66 valence electrons. The summed E-state index contributed by atoms with van der Waals surface area (Å²) in [6.45, 7) is 1.37. The van der Waals surface area contributed by atoms with Crippen molar-refractivity contribution in [2.75, 3.05) is 13.2 Å². The van der Waals surface area contributed by atoms with E-state index in [1.807, 2.05) is 12.1 Å². The Morgan fingerprint density at radius 2 is 2.46 bits per heavy atom. The van der Waals surface area contributed by atoms with Gasteiger partial charge in [0.1, 0.15) is 18.5 Å². The Morgan fingerprint density at radius 1 is 1.62 bits per heavy atom. The lowest BCUT2D eigenvalue weighted by Gasteiger charge is -2.02. The molecule has 0 radical (unpaired) electrons. The predicted octanol–water partition coefficient (Wildman–Crippen LogP) is 1.34. The molecule has 0 saturated carbocycles. The van der Waals surface area contributed by atoms with E-state index in [0.717, 1.165) is 12.4 Å². The molecule has 0 aliphatic carbocycles. The number of ether oxygens (including phenoxy) is 2. The fourth-order valence-corrected chi connectivity index (χ4v) is 1.01. The second kappa shape index (κ2) is 3.46. The summed E-state index contributed by atoms with van der Waals surface area (Å²) in [6, 6.07) is 9.18. The number of nitrogens with zero attached hydrogens (tertiary/aromatic N) is 1. The van der Waals surface area contributed by atoms with E-state index in [-0.39, 0.29) is 6.10 Å². The molecule has 0 aromatic heterocycles. The van der Waals surface area contributed by atoms with Crippen molar-refractivity contribution < 1.29 is 9.47 Å². The summed E-state index contributed by atoms with van der Waals surface area (Å²) in [7, 11) is 0. The van der Waals surface area contributed by atoms with Gasteiger partial charge in [-0.1, -0.05) is 6.07 Å². The maximum absolute atomic E-state index is 8.62. The Balaban J connectivity index is 1.98. The van der Waals surface area contributed by atoms with Gasteiger partial charge in [0.25, 0.3) is 0 Å².